The van der Waals surface area contributed by atoms with Crippen LogP contribution in [0.1, 0.15) is 27.2 Å². The highest BCUT2D eigenvalue weighted by atomic mass is 19.3. The van der Waals surface area contributed by atoms with Gasteiger partial charge in [-0.1, -0.05) is 0 Å². The maximum atomic E-state index is 12.3. The Labute approximate surface area is 127 Å². The highest BCUT2D eigenvalue weighted by Crippen LogP contribution is 2.27. The maximum Gasteiger partial charge on any atom is 0.410 e. The second-order valence-electron chi connectivity index (χ2n) is 6.47. The zero-order chi connectivity index (χ0) is 17.1. The molecule has 7 nitrogen and oxygen atoms in total. The monoisotopic (exact) mass is 324 g/mol. The molecule has 3 N–H and O–H groups in total. The average molecular weight is 324 g/mol. The van der Waals surface area contributed by atoms with E-state index in [0.717, 1.165) is 0 Å². The molecule has 0 aliphatic carbocycles. The van der Waals surface area contributed by atoms with Crippen molar-refractivity contribution in [3.63, 3.8) is 0 Å². The highest BCUT2D eigenvalue weighted by molar-refractivity contribution is 5.73. The molecule has 0 aromatic heterocycles. The van der Waals surface area contributed by atoms with Crippen LogP contribution in [0.5, 0.6) is 0 Å². The van der Waals surface area contributed by atoms with Crippen molar-refractivity contribution >= 4 is 12.1 Å². The zero-order valence-electron chi connectivity index (χ0n) is 12.8. The van der Waals surface area contributed by atoms with Crippen LogP contribution in [0.15, 0.2) is 0 Å². The number of alkyl halides is 2. The van der Waals surface area contributed by atoms with Crippen molar-refractivity contribution < 1.29 is 33.3 Å². The maximum absolute atomic E-state index is 12.3. The second kappa shape index (κ2) is 6.74. The zero-order valence-corrected chi connectivity index (χ0v) is 12.8. The van der Waals surface area contributed by atoms with E-state index in [-0.39, 0.29) is 19.5 Å². The van der Waals surface area contributed by atoms with E-state index in [1.165, 1.54) is 4.90 Å². The Morgan fingerprint density at radius 1 is 1.36 bits per heavy atom. The number of aliphatic carboxylic acids is 1. The normalized spacial score (nSPS) is 18.8. The fourth-order valence-electron chi connectivity index (χ4n) is 2.13. The second-order valence-corrected chi connectivity index (χ2v) is 6.47. The summed E-state index contributed by atoms with van der Waals surface area (Å²) in [5.41, 5.74) is -1.71. The predicted molar refractivity (Wildman–Crippen MR) is 72.8 cm³/mol. The number of carbonyl (C=O) groups excluding carboxylic acids is 1. The van der Waals surface area contributed by atoms with Crippen molar-refractivity contribution in [3.8, 4) is 0 Å². The minimum atomic E-state index is -2.92. The molecule has 0 radical (unpaired) electrons. The Bertz CT molecular complexity index is 419. The Hall–Kier alpha value is -1.48. The third-order valence-electron chi connectivity index (χ3n) is 3.11. The number of amides is 1. The fourth-order valence-corrected chi connectivity index (χ4v) is 2.13. The van der Waals surface area contributed by atoms with Crippen molar-refractivity contribution in [2.24, 2.45) is 0 Å². The molecule has 1 aliphatic heterocycles. The van der Waals surface area contributed by atoms with Gasteiger partial charge in [0, 0.05) is 19.6 Å². The summed E-state index contributed by atoms with van der Waals surface area (Å²) < 4.78 is 29.7. The molecule has 128 valence electrons. The van der Waals surface area contributed by atoms with Crippen molar-refractivity contribution in [2.75, 3.05) is 19.6 Å². The summed E-state index contributed by atoms with van der Waals surface area (Å²) in [5.74, 6) is -1.12. The summed E-state index contributed by atoms with van der Waals surface area (Å²) in [6.07, 6.45) is -5.75. The number of ether oxygens (including phenoxy) is 1. The molecule has 1 atom stereocenters. The molecule has 0 aromatic rings. The lowest BCUT2D eigenvalue weighted by Crippen LogP contribution is -2.72. The number of hydrogen-bond donors (Lipinski definition) is 3. The van der Waals surface area contributed by atoms with E-state index < -0.39 is 42.3 Å². The topological polar surface area (TPSA) is 99.1 Å². The summed E-state index contributed by atoms with van der Waals surface area (Å²) >= 11 is 0. The van der Waals surface area contributed by atoms with Gasteiger partial charge in [0.15, 0.2) is 0 Å². The smallest absolute Gasteiger partial charge is 0.410 e. The van der Waals surface area contributed by atoms with Crippen LogP contribution in [0.2, 0.25) is 0 Å². The fraction of sp³-hybridized carbons (Fsp3) is 0.846. The number of hydrogen-bond acceptors (Lipinski definition) is 5. The molecular formula is C13H22F2N2O5. The minimum absolute atomic E-state index is 0.0180. The minimum Gasteiger partial charge on any atom is -0.481 e. The van der Waals surface area contributed by atoms with E-state index in [1.807, 2.05) is 0 Å². The number of nitrogens with zero attached hydrogens (tertiary/aromatic N) is 1. The molecule has 0 saturated carbocycles. The number of likely N-dealkylation sites (tertiary alicyclic amines) is 1. The van der Waals surface area contributed by atoms with Gasteiger partial charge < -0.3 is 25.2 Å². The van der Waals surface area contributed by atoms with Crippen molar-refractivity contribution in [1.82, 2.24) is 10.2 Å². The first-order valence-electron chi connectivity index (χ1n) is 6.85. The first-order valence-corrected chi connectivity index (χ1v) is 6.85. The van der Waals surface area contributed by atoms with Crippen molar-refractivity contribution in [2.45, 2.75) is 50.9 Å². The summed E-state index contributed by atoms with van der Waals surface area (Å²) in [6, 6.07) is 0. The van der Waals surface area contributed by atoms with Crippen LogP contribution in [-0.2, 0) is 9.53 Å². The number of aliphatic hydroxyl groups is 1. The van der Waals surface area contributed by atoms with E-state index in [1.54, 1.807) is 20.8 Å². The quantitative estimate of drug-likeness (QED) is 0.664. The van der Waals surface area contributed by atoms with Gasteiger partial charge >= 0.3 is 12.1 Å². The van der Waals surface area contributed by atoms with Crippen LogP contribution in [0, 0.1) is 0 Å². The van der Waals surface area contributed by atoms with Gasteiger partial charge in [0.1, 0.15) is 11.7 Å². The van der Waals surface area contributed by atoms with Gasteiger partial charge in [-0.2, -0.15) is 0 Å². The molecule has 1 aliphatic rings. The molecule has 1 saturated heterocycles. The number of nitrogens with one attached hydrogen (secondary N) is 1. The lowest BCUT2D eigenvalue weighted by molar-refractivity contribution is -0.141. The third kappa shape index (κ3) is 5.38. The summed E-state index contributed by atoms with van der Waals surface area (Å²) in [6.45, 7) is 4.69. The van der Waals surface area contributed by atoms with E-state index in [2.05, 4.69) is 5.32 Å². The number of carboxylic acid groups (broad SMARTS) is 1. The number of rotatable bonds is 6. The number of β-amino-alcohol motifs (C(OH)–C–C–N with tert-alkyl or cyclic N) is 1. The summed E-state index contributed by atoms with van der Waals surface area (Å²) in [5, 5.41) is 20.7. The highest BCUT2D eigenvalue weighted by Gasteiger charge is 2.48. The van der Waals surface area contributed by atoms with Gasteiger partial charge in [-0.3, -0.25) is 4.79 Å². The van der Waals surface area contributed by atoms with Gasteiger partial charge in [-0.25, -0.2) is 13.6 Å². The summed E-state index contributed by atoms with van der Waals surface area (Å²) in [7, 11) is 0. The molecule has 22 heavy (non-hydrogen) atoms. The molecule has 0 aromatic carbocycles. The van der Waals surface area contributed by atoms with E-state index in [9.17, 15) is 18.4 Å². The Morgan fingerprint density at radius 2 is 1.91 bits per heavy atom. The first-order chi connectivity index (χ1) is 9.94. The standard InChI is InChI=1S/C13H22F2N2O5/c1-12(2,3)22-11(21)17-6-13(7-17,4-9(19)20)16-5-8(18)10(14)15/h8,10,16,18H,4-7H2,1-3H3,(H,19,20). The lowest BCUT2D eigenvalue weighted by Gasteiger charge is -2.50. The first kappa shape index (κ1) is 18.6. The van der Waals surface area contributed by atoms with Crippen LogP contribution in [0.25, 0.3) is 0 Å². The molecule has 1 unspecified atom stereocenters. The van der Waals surface area contributed by atoms with Gasteiger partial charge in [0.05, 0.1) is 12.0 Å². The molecule has 1 heterocycles. The largest absolute Gasteiger partial charge is 0.481 e. The van der Waals surface area contributed by atoms with Gasteiger partial charge in [0.2, 0.25) is 0 Å². The van der Waals surface area contributed by atoms with Gasteiger partial charge in [-0.15, -0.1) is 0 Å². The third-order valence-corrected chi connectivity index (χ3v) is 3.11. The molecule has 0 spiro atoms. The van der Waals surface area contributed by atoms with Crippen LogP contribution in [0.3, 0.4) is 0 Å². The van der Waals surface area contributed by atoms with Crippen LogP contribution >= 0.6 is 0 Å². The molecule has 1 fully saturated rings. The number of carboxylic acids is 1. The van der Waals surface area contributed by atoms with Crippen LogP contribution in [0.4, 0.5) is 13.6 Å². The Balaban J connectivity index is 2.59. The SMILES string of the molecule is CC(C)(C)OC(=O)N1CC(CC(=O)O)(NCC(O)C(F)F)C1. The van der Waals surface area contributed by atoms with Crippen molar-refractivity contribution in [3.05, 3.63) is 0 Å². The molecule has 1 rings (SSSR count). The Kier molecular flexibility index (Phi) is 5.69. The number of carbonyl (C=O) groups is 2. The predicted octanol–water partition coefficient (Wildman–Crippen LogP) is 0.666. The van der Waals surface area contributed by atoms with Gasteiger partial charge in [-0.05, 0) is 20.8 Å². The Morgan fingerprint density at radius 3 is 2.32 bits per heavy atom. The van der Waals surface area contributed by atoms with E-state index in [0.29, 0.717) is 0 Å². The van der Waals surface area contributed by atoms with Crippen LogP contribution < -0.4 is 5.32 Å². The number of aliphatic hydroxyl groups excluding tert-OH is 1. The molecule has 1 amide bonds. The van der Waals surface area contributed by atoms with E-state index >= 15 is 0 Å². The van der Waals surface area contributed by atoms with Gasteiger partial charge in [0.25, 0.3) is 6.43 Å². The lowest BCUT2D eigenvalue weighted by atomic mass is 9.86. The molecule has 0 bridgehead atoms. The van der Waals surface area contributed by atoms with E-state index in [4.69, 9.17) is 14.9 Å². The molecule has 9 heteroatoms. The summed E-state index contributed by atoms with van der Waals surface area (Å²) in [4.78, 5) is 24.0. The molecular weight excluding hydrogens is 302 g/mol. The van der Waals surface area contributed by atoms with Crippen molar-refractivity contribution in [1.29, 1.82) is 0 Å². The average Bonchev–Trinajstić information content (AvgIpc) is 2.27. The number of halogens is 2. The van der Waals surface area contributed by atoms with Crippen LogP contribution in [-0.4, -0.2) is 70.5 Å².